The first-order chi connectivity index (χ1) is 12.5. The molecule has 3 rings (SSSR count). The summed E-state index contributed by atoms with van der Waals surface area (Å²) in [6.45, 7) is 4.51. The quantitative estimate of drug-likeness (QED) is 0.483. The highest BCUT2D eigenvalue weighted by atomic mass is 79.9. The maximum absolute atomic E-state index is 12.6. The summed E-state index contributed by atoms with van der Waals surface area (Å²) in [6, 6.07) is 10.8. The molecule has 0 aromatic heterocycles. The summed E-state index contributed by atoms with van der Waals surface area (Å²) in [6.07, 6.45) is 3.68. The standard InChI is InChI=1S/C21H19BrO4/c1-13(2)8-9-25-16-5-6-17-19(12-16)26-20(21(17)23)11-14-10-15(22)4-7-18(14)24-3/h4-8,10-12H,9H2,1-3H3/b20-11+. The zero-order chi connectivity index (χ0) is 18.7. The number of allylic oxidation sites excluding steroid dienone is 2. The Morgan fingerprint density at radius 3 is 2.73 bits per heavy atom. The van der Waals surface area contributed by atoms with Gasteiger partial charge in [0.25, 0.3) is 0 Å². The van der Waals surface area contributed by atoms with Crippen LogP contribution in [-0.4, -0.2) is 19.5 Å². The summed E-state index contributed by atoms with van der Waals surface area (Å²) in [4.78, 5) is 12.6. The van der Waals surface area contributed by atoms with E-state index in [1.54, 1.807) is 31.4 Å². The molecule has 0 fully saturated rings. The molecule has 2 aromatic rings. The molecular weight excluding hydrogens is 396 g/mol. The third kappa shape index (κ3) is 3.99. The Balaban J connectivity index is 1.85. The Hall–Kier alpha value is -2.53. The summed E-state index contributed by atoms with van der Waals surface area (Å²) in [5.41, 5.74) is 2.48. The molecule has 1 aliphatic rings. The van der Waals surface area contributed by atoms with Gasteiger partial charge in [-0.2, -0.15) is 0 Å². The molecule has 0 N–H and O–H groups in total. The lowest BCUT2D eigenvalue weighted by atomic mass is 10.1. The Morgan fingerprint density at radius 1 is 1.19 bits per heavy atom. The molecule has 0 saturated heterocycles. The maximum atomic E-state index is 12.6. The molecule has 4 nitrogen and oxygen atoms in total. The van der Waals surface area contributed by atoms with Crippen LogP contribution >= 0.6 is 15.9 Å². The van der Waals surface area contributed by atoms with Crippen molar-refractivity contribution in [2.45, 2.75) is 13.8 Å². The number of rotatable bonds is 5. The Kier molecular flexibility index (Phi) is 5.47. The van der Waals surface area contributed by atoms with Gasteiger partial charge in [-0.3, -0.25) is 4.79 Å². The van der Waals surface area contributed by atoms with Crippen molar-refractivity contribution in [2.24, 2.45) is 0 Å². The van der Waals surface area contributed by atoms with Gasteiger partial charge in [0.1, 0.15) is 23.9 Å². The van der Waals surface area contributed by atoms with E-state index in [0.29, 0.717) is 29.4 Å². The number of ketones is 1. The highest BCUT2D eigenvalue weighted by molar-refractivity contribution is 9.10. The molecule has 5 heteroatoms. The summed E-state index contributed by atoms with van der Waals surface area (Å²) < 4.78 is 17.7. The minimum Gasteiger partial charge on any atom is -0.496 e. The minimum atomic E-state index is -0.155. The fraction of sp³-hybridized carbons (Fsp3) is 0.190. The van der Waals surface area contributed by atoms with Gasteiger partial charge in [0.2, 0.25) is 5.78 Å². The van der Waals surface area contributed by atoms with E-state index in [2.05, 4.69) is 15.9 Å². The predicted octanol–water partition coefficient (Wildman–Crippen LogP) is 5.42. The lowest BCUT2D eigenvalue weighted by Crippen LogP contribution is -1.99. The lowest BCUT2D eigenvalue weighted by molar-refractivity contribution is 0.101. The molecule has 0 radical (unpaired) electrons. The van der Waals surface area contributed by atoms with Crippen LogP contribution in [0.5, 0.6) is 17.2 Å². The molecule has 0 saturated carbocycles. The van der Waals surface area contributed by atoms with Gasteiger partial charge in [0.05, 0.1) is 12.7 Å². The van der Waals surface area contributed by atoms with Crippen molar-refractivity contribution in [1.29, 1.82) is 0 Å². The Bertz CT molecular complexity index is 908. The van der Waals surface area contributed by atoms with Crippen molar-refractivity contribution in [1.82, 2.24) is 0 Å². The second kappa shape index (κ2) is 7.79. The van der Waals surface area contributed by atoms with E-state index in [4.69, 9.17) is 14.2 Å². The van der Waals surface area contributed by atoms with Gasteiger partial charge in [-0.15, -0.1) is 0 Å². The number of hydrogen-bond acceptors (Lipinski definition) is 4. The van der Waals surface area contributed by atoms with E-state index < -0.39 is 0 Å². The molecule has 1 aliphatic heterocycles. The lowest BCUT2D eigenvalue weighted by Gasteiger charge is -2.06. The van der Waals surface area contributed by atoms with Crippen molar-refractivity contribution < 1.29 is 19.0 Å². The molecule has 0 spiro atoms. The van der Waals surface area contributed by atoms with Crippen molar-refractivity contribution in [3.05, 3.63) is 69.4 Å². The zero-order valence-electron chi connectivity index (χ0n) is 14.8. The predicted molar refractivity (Wildman–Crippen MR) is 105 cm³/mol. The van der Waals surface area contributed by atoms with Crippen molar-refractivity contribution >= 4 is 27.8 Å². The minimum absolute atomic E-state index is 0.155. The van der Waals surface area contributed by atoms with Gasteiger partial charge >= 0.3 is 0 Å². The van der Waals surface area contributed by atoms with Gasteiger partial charge < -0.3 is 14.2 Å². The molecule has 0 amide bonds. The first kappa shape index (κ1) is 18.3. The third-order valence-corrected chi connectivity index (χ3v) is 4.35. The van der Waals surface area contributed by atoms with Crippen LogP contribution in [0.1, 0.15) is 29.8 Å². The van der Waals surface area contributed by atoms with E-state index in [1.807, 2.05) is 38.1 Å². The smallest absolute Gasteiger partial charge is 0.231 e. The number of ether oxygens (including phenoxy) is 3. The van der Waals surface area contributed by atoms with Gasteiger partial charge in [0, 0.05) is 16.1 Å². The van der Waals surface area contributed by atoms with E-state index in [-0.39, 0.29) is 11.5 Å². The fourth-order valence-electron chi connectivity index (χ4n) is 2.52. The van der Waals surface area contributed by atoms with Crippen LogP contribution in [0, 0.1) is 0 Å². The number of halogens is 1. The first-order valence-electron chi connectivity index (χ1n) is 8.16. The second-order valence-corrected chi connectivity index (χ2v) is 6.99. The fourth-order valence-corrected chi connectivity index (χ4v) is 2.90. The third-order valence-electron chi connectivity index (χ3n) is 3.86. The summed E-state index contributed by atoms with van der Waals surface area (Å²) in [7, 11) is 1.59. The average Bonchev–Trinajstić information content (AvgIpc) is 2.90. The van der Waals surface area contributed by atoms with Crippen LogP contribution in [0.25, 0.3) is 6.08 Å². The SMILES string of the molecule is COc1ccc(Br)cc1/C=C1/Oc2cc(OCC=C(C)C)ccc2C1=O. The van der Waals surface area contributed by atoms with E-state index in [0.717, 1.165) is 10.0 Å². The van der Waals surface area contributed by atoms with E-state index in [9.17, 15) is 4.79 Å². The summed E-state index contributed by atoms with van der Waals surface area (Å²) in [5.74, 6) is 1.94. The zero-order valence-corrected chi connectivity index (χ0v) is 16.4. The molecule has 0 bridgehead atoms. The van der Waals surface area contributed by atoms with Crippen LogP contribution in [0.4, 0.5) is 0 Å². The molecule has 0 atom stereocenters. The number of carbonyl (C=O) groups excluding carboxylic acids is 1. The Labute approximate surface area is 161 Å². The highest BCUT2D eigenvalue weighted by Crippen LogP contribution is 2.36. The number of Topliss-reactive ketones (excluding diaryl/α,β-unsaturated/α-hetero) is 1. The second-order valence-electron chi connectivity index (χ2n) is 6.08. The average molecular weight is 415 g/mol. The van der Waals surface area contributed by atoms with Crippen molar-refractivity contribution in [2.75, 3.05) is 13.7 Å². The molecular formula is C21H19BrO4. The van der Waals surface area contributed by atoms with Crippen LogP contribution in [-0.2, 0) is 0 Å². The van der Waals surface area contributed by atoms with Crippen LogP contribution in [0.2, 0.25) is 0 Å². The van der Waals surface area contributed by atoms with Gasteiger partial charge in [-0.1, -0.05) is 21.5 Å². The van der Waals surface area contributed by atoms with Crippen molar-refractivity contribution in [3.63, 3.8) is 0 Å². The first-order valence-corrected chi connectivity index (χ1v) is 8.95. The van der Waals surface area contributed by atoms with Gasteiger partial charge in [0.15, 0.2) is 5.76 Å². The Morgan fingerprint density at radius 2 is 2.00 bits per heavy atom. The molecule has 0 unspecified atom stereocenters. The van der Waals surface area contributed by atoms with E-state index in [1.165, 1.54) is 5.57 Å². The topological polar surface area (TPSA) is 44.8 Å². The number of benzene rings is 2. The maximum Gasteiger partial charge on any atom is 0.231 e. The van der Waals surface area contributed by atoms with Gasteiger partial charge in [-0.25, -0.2) is 0 Å². The normalized spacial score (nSPS) is 14.0. The highest BCUT2D eigenvalue weighted by Gasteiger charge is 2.28. The number of methoxy groups -OCH3 is 1. The van der Waals surface area contributed by atoms with Crippen LogP contribution < -0.4 is 14.2 Å². The number of hydrogen-bond donors (Lipinski definition) is 0. The van der Waals surface area contributed by atoms with Crippen molar-refractivity contribution in [3.8, 4) is 17.2 Å². The summed E-state index contributed by atoms with van der Waals surface area (Å²) >= 11 is 3.43. The summed E-state index contributed by atoms with van der Waals surface area (Å²) in [5, 5.41) is 0. The van der Waals surface area contributed by atoms with Crippen LogP contribution in [0.3, 0.4) is 0 Å². The van der Waals surface area contributed by atoms with Gasteiger partial charge in [-0.05, 0) is 56.3 Å². The molecule has 0 aliphatic carbocycles. The molecule has 1 heterocycles. The monoisotopic (exact) mass is 414 g/mol. The number of fused-ring (bicyclic) bond motifs is 1. The number of carbonyl (C=O) groups is 1. The molecule has 2 aromatic carbocycles. The van der Waals surface area contributed by atoms with Crippen LogP contribution in [0.15, 0.2) is 58.3 Å². The molecule has 26 heavy (non-hydrogen) atoms. The largest absolute Gasteiger partial charge is 0.496 e. The molecule has 134 valence electrons. The van der Waals surface area contributed by atoms with E-state index >= 15 is 0 Å².